The second-order valence-corrected chi connectivity index (χ2v) is 8.26. The molecule has 0 spiro atoms. The van der Waals surface area contributed by atoms with E-state index in [4.69, 9.17) is 4.74 Å². The molecule has 3 rings (SSSR count). The lowest BCUT2D eigenvalue weighted by Gasteiger charge is -2.18. The van der Waals surface area contributed by atoms with Crippen LogP contribution in [0.15, 0.2) is 60.8 Å². The lowest BCUT2D eigenvalue weighted by molar-refractivity contribution is -0.141. The number of methoxy groups -OCH3 is 1. The lowest BCUT2D eigenvalue weighted by atomic mass is 10.1. The molecule has 0 aliphatic rings. The van der Waals surface area contributed by atoms with Crippen molar-refractivity contribution in [1.29, 1.82) is 0 Å². The third-order valence-electron chi connectivity index (χ3n) is 5.51. The van der Waals surface area contributed by atoms with E-state index in [0.717, 1.165) is 40.7 Å². The number of fused-ring (bicyclic) bond motifs is 1. The van der Waals surface area contributed by atoms with Crippen molar-refractivity contribution in [3.8, 4) is 5.75 Å². The SMILES string of the molecule is COc1cc(NC(C)CCCNCC(=O)N[C@H](Cc2ccccc2)C(=O)O)c2ncccc2c1. The molecule has 0 aliphatic carbocycles. The zero-order chi connectivity index (χ0) is 24.3. The number of pyridine rings is 1. The fraction of sp³-hybridized carbons (Fsp3) is 0.346. The number of carboxylic acids is 1. The smallest absolute Gasteiger partial charge is 0.326 e. The van der Waals surface area contributed by atoms with E-state index in [2.05, 4.69) is 27.9 Å². The van der Waals surface area contributed by atoms with Gasteiger partial charge in [-0.3, -0.25) is 9.78 Å². The first-order valence-corrected chi connectivity index (χ1v) is 11.4. The summed E-state index contributed by atoms with van der Waals surface area (Å²) >= 11 is 0. The first-order valence-electron chi connectivity index (χ1n) is 11.4. The Balaban J connectivity index is 1.40. The topological polar surface area (TPSA) is 113 Å². The Morgan fingerprint density at radius 2 is 1.91 bits per heavy atom. The fourth-order valence-electron chi connectivity index (χ4n) is 3.76. The van der Waals surface area contributed by atoms with Gasteiger partial charge in [-0.1, -0.05) is 36.4 Å². The summed E-state index contributed by atoms with van der Waals surface area (Å²) in [6.45, 7) is 2.82. The second-order valence-electron chi connectivity index (χ2n) is 8.26. The zero-order valence-electron chi connectivity index (χ0n) is 19.6. The number of hydrogen-bond acceptors (Lipinski definition) is 6. The number of carbonyl (C=O) groups is 2. The highest BCUT2D eigenvalue weighted by atomic mass is 16.5. The summed E-state index contributed by atoms with van der Waals surface area (Å²) < 4.78 is 5.40. The van der Waals surface area contributed by atoms with E-state index in [9.17, 15) is 14.7 Å². The number of rotatable bonds is 13. The lowest BCUT2D eigenvalue weighted by Crippen LogP contribution is -2.45. The number of benzene rings is 2. The van der Waals surface area contributed by atoms with E-state index in [0.29, 0.717) is 6.54 Å². The fourth-order valence-corrected chi connectivity index (χ4v) is 3.76. The van der Waals surface area contributed by atoms with E-state index < -0.39 is 12.0 Å². The number of aliphatic carboxylic acids is 1. The number of aromatic nitrogens is 1. The summed E-state index contributed by atoms with van der Waals surface area (Å²) in [5, 5.41) is 19.6. The van der Waals surface area contributed by atoms with Gasteiger partial charge in [0.1, 0.15) is 11.8 Å². The van der Waals surface area contributed by atoms with Gasteiger partial charge in [0.2, 0.25) is 5.91 Å². The van der Waals surface area contributed by atoms with Crippen molar-refractivity contribution in [3.63, 3.8) is 0 Å². The van der Waals surface area contributed by atoms with Gasteiger partial charge in [0.25, 0.3) is 0 Å². The first-order chi connectivity index (χ1) is 16.5. The Bertz CT molecular complexity index is 1090. The minimum Gasteiger partial charge on any atom is -0.497 e. The number of nitrogens with one attached hydrogen (secondary N) is 3. The van der Waals surface area contributed by atoms with Crippen molar-refractivity contribution in [3.05, 3.63) is 66.4 Å². The highest BCUT2D eigenvalue weighted by Crippen LogP contribution is 2.28. The van der Waals surface area contributed by atoms with E-state index in [1.807, 2.05) is 54.6 Å². The Hall–Kier alpha value is -3.65. The van der Waals surface area contributed by atoms with Gasteiger partial charge < -0.3 is 25.8 Å². The van der Waals surface area contributed by atoms with Gasteiger partial charge in [-0.05, 0) is 44.0 Å². The second kappa shape index (κ2) is 12.6. The number of nitrogens with zero attached hydrogens (tertiary/aromatic N) is 1. The largest absolute Gasteiger partial charge is 0.497 e. The quantitative estimate of drug-likeness (QED) is 0.287. The summed E-state index contributed by atoms with van der Waals surface area (Å²) in [5.41, 5.74) is 2.69. The van der Waals surface area contributed by atoms with Crippen molar-refractivity contribution >= 4 is 28.5 Å². The third kappa shape index (κ3) is 7.45. The van der Waals surface area contributed by atoms with Crippen LogP contribution in [-0.2, 0) is 16.0 Å². The molecule has 4 N–H and O–H groups in total. The third-order valence-corrected chi connectivity index (χ3v) is 5.51. The Kier molecular flexibility index (Phi) is 9.22. The molecule has 2 atom stereocenters. The van der Waals surface area contributed by atoms with Crippen LogP contribution < -0.4 is 20.7 Å². The summed E-state index contributed by atoms with van der Waals surface area (Å²) in [5.74, 6) is -0.602. The summed E-state index contributed by atoms with van der Waals surface area (Å²) in [7, 11) is 1.65. The highest BCUT2D eigenvalue weighted by Gasteiger charge is 2.20. The van der Waals surface area contributed by atoms with E-state index in [1.165, 1.54) is 0 Å². The van der Waals surface area contributed by atoms with E-state index in [1.54, 1.807) is 13.3 Å². The number of ether oxygens (including phenoxy) is 1. The maximum atomic E-state index is 12.2. The van der Waals surface area contributed by atoms with Crippen LogP contribution in [0.25, 0.3) is 10.9 Å². The summed E-state index contributed by atoms with van der Waals surface area (Å²) in [6, 6.07) is 16.3. The molecule has 1 heterocycles. The number of hydrogen-bond donors (Lipinski definition) is 4. The average molecular weight is 465 g/mol. The molecule has 0 radical (unpaired) electrons. The molecule has 2 aromatic carbocycles. The monoisotopic (exact) mass is 464 g/mol. The van der Waals surface area contributed by atoms with Crippen LogP contribution >= 0.6 is 0 Å². The molecule has 0 fully saturated rings. The van der Waals surface area contributed by atoms with Gasteiger partial charge in [0.15, 0.2) is 0 Å². The molecule has 8 nitrogen and oxygen atoms in total. The highest BCUT2D eigenvalue weighted by molar-refractivity contribution is 5.92. The molecule has 1 aromatic heterocycles. The molecule has 180 valence electrons. The molecule has 0 saturated heterocycles. The maximum Gasteiger partial charge on any atom is 0.326 e. The van der Waals surface area contributed by atoms with Gasteiger partial charge in [-0.15, -0.1) is 0 Å². The Labute approximate surface area is 199 Å². The molecule has 3 aromatic rings. The van der Waals surface area contributed by atoms with Crippen LogP contribution in [0.4, 0.5) is 5.69 Å². The molecule has 8 heteroatoms. The van der Waals surface area contributed by atoms with Crippen LogP contribution in [0, 0.1) is 0 Å². The minimum atomic E-state index is -1.04. The number of carbonyl (C=O) groups excluding carboxylic acids is 1. The molecule has 0 aliphatic heterocycles. The Morgan fingerprint density at radius 1 is 1.12 bits per heavy atom. The van der Waals surface area contributed by atoms with Crippen molar-refractivity contribution in [2.75, 3.05) is 25.5 Å². The molecular weight excluding hydrogens is 432 g/mol. The van der Waals surface area contributed by atoms with E-state index >= 15 is 0 Å². The normalized spacial score (nSPS) is 12.6. The van der Waals surface area contributed by atoms with Crippen LogP contribution in [0.5, 0.6) is 5.75 Å². The molecular formula is C26H32N4O4. The molecule has 0 saturated carbocycles. The zero-order valence-corrected chi connectivity index (χ0v) is 19.6. The number of amides is 1. The van der Waals surface area contributed by atoms with Crippen LogP contribution in [0.3, 0.4) is 0 Å². The van der Waals surface area contributed by atoms with Crippen LogP contribution in [-0.4, -0.2) is 54.2 Å². The molecule has 34 heavy (non-hydrogen) atoms. The van der Waals surface area contributed by atoms with Gasteiger partial charge in [-0.2, -0.15) is 0 Å². The van der Waals surface area contributed by atoms with Gasteiger partial charge in [0.05, 0.1) is 24.9 Å². The van der Waals surface area contributed by atoms with Crippen LogP contribution in [0.1, 0.15) is 25.3 Å². The maximum absolute atomic E-state index is 12.2. The molecule has 0 bridgehead atoms. The van der Waals surface area contributed by atoms with Crippen molar-refractivity contribution in [1.82, 2.24) is 15.6 Å². The average Bonchev–Trinajstić information content (AvgIpc) is 2.83. The van der Waals surface area contributed by atoms with Crippen molar-refractivity contribution in [2.45, 2.75) is 38.3 Å². The number of carboxylic acid groups (broad SMARTS) is 1. The predicted molar refractivity (Wildman–Crippen MR) is 133 cm³/mol. The number of anilines is 1. The van der Waals surface area contributed by atoms with Crippen molar-refractivity contribution < 1.29 is 19.4 Å². The van der Waals surface area contributed by atoms with E-state index in [-0.39, 0.29) is 24.9 Å². The van der Waals surface area contributed by atoms with Gasteiger partial charge in [-0.25, -0.2) is 4.79 Å². The first kappa shape index (κ1) is 25.0. The van der Waals surface area contributed by atoms with Crippen LogP contribution in [0.2, 0.25) is 0 Å². The summed E-state index contributed by atoms with van der Waals surface area (Å²) in [6.07, 6.45) is 3.75. The van der Waals surface area contributed by atoms with Gasteiger partial charge in [0, 0.05) is 30.1 Å². The molecule has 1 unspecified atom stereocenters. The standard InChI is InChI=1S/C26H32N4O4/c1-18(29-22-16-21(34-2)15-20-11-7-13-28-25(20)22)8-6-12-27-17-24(31)30-23(26(32)33)14-19-9-4-3-5-10-19/h3-5,7,9-11,13,15-16,18,23,27,29H,6,8,12,14,17H2,1-2H3,(H,30,31)(H,32,33)/t18?,23-/m1/s1. The van der Waals surface area contributed by atoms with Gasteiger partial charge >= 0.3 is 5.97 Å². The van der Waals surface area contributed by atoms with Crippen molar-refractivity contribution in [2.24, 2.45) is 0 Å². The minimum absolute atomic E-state index is 0.0742. The predicted octanol–water partition coefficient (Wildman–Crippen LogP) is 3.23. The summed E-state index contributed by atoms with van der Waals surface area (Å²) in [4.78, 5) is 28.2. The Morgan fingerprint density at radius 3 is 2.65 bits per heavy atom. The molecule has 1 amide bonds.